The van der Waals surface area contributed by atoms with E-state index in [2.05, 4.69) is 46.1 Å². The molecule has 0 radical (unpaired) electrons. The first-order chi connectivity index (χ1) is 11.5. The summed E-state index contributed by atoms with van der Waals surface area (Å²) in [6.07, 6.45) is 5.22. The highest BCUT2D eigenvalue weighted by Crippen LogP contribution is 2.22. The Morgan fingerprint density at radius 1 is 1.33 bits per heavy atom. The first-order valence-corrected chi connectivity index (χ1v) is 9.03. The van der Waals surface area contributed by atoms with Crippen molar-refractivity contribution in [3.63, 3.8) is 0 Å². The summed E-state index contributed by atoms with van der Waals surface area (Å²) < 4.78 is 0. The van der Waals surface area contributed by atoms with E-state index >= 15 is 0 Å². The van der Waals surface area contributed by atoms with Gasteiger partial charge in [0.15, 0.2) is 0 Å². The van der Waals surface area contributed by atoms with Gasteiger partial charge in [0.05, 0.1) is 6.54 Å². The smallest absolute Gasteiger partial charge is 0.234 e. The first kappa shape index (κ1) is 17.3. The van der Waals surface area contributed by atoms with Gasteiger partial charge >= 0.3 is 0 Å². The number of aryl methyl sites for hydroxylation is 2. The summed E-state index contributed by atoms with van der Waals surface area (Å²) in [5.74, 6) is 0.967. The Labute approximate surface area is 144 Å². The lowest BCUT2D eigenvalue weighted by molar-refractivity contribution is -0.122. The summed E-state index contributed by atoms with van der Waals surface area (Å²) in [4.78, 5) is 25.8. The van der Waals surface area contributed by atoms with Gasteiger partial charge in [0.25, 0.3) is 0 Å². The van der Waals surface area contributed by atoms with Crippen LogP contribution < -0.4 is 5.32 Å². The first-order valence-electron chi connectivity index (χ1n) is 9.03. The average molecular weight is 331 g/mol. The van der Waals surface area contributed by atoms with Crippen molar-refractivity contribution in [2.75, 3.05) is 40.3 Å². The van der Waals surface area contributed by atoms with Crippen LogP contribution in [0.25, 0.3) is 0 Å². The number of likely N-dealkylation sites (N-methyl/N-ethyl adjacent to an activating group) is 1. The van der Waals surface area contributed by atoms with Gasteiger partial charge in [-0.1, -0.05) is 0 Å². The number of carbonyl (C=O) groups is 1. The molecule has 1 saturated heterocycles. The summed E-state index contributed by atoms with van der Waals surface area (Å²) >= 11 is 0. The van der Waals surface area contributed by atoms with Crippen LogP contribution in [0.15, 0.2) is 0 Å². The van der Waals surface area contributed by atoms with Crippen molar-refractivity contribution in [3.8, 4) is 0 Å². The van der Waals surface area contributed by atoms with Crippen LogP contribution in [0.1, 0.15) is 35.6 Å². The lowest BCUT2D eigenvalue weighted by atomic mass is 10.2. The number of nitrogens with zero attached hydrogens (tertiary/aromatic N) is 4. The number of nitrogens with one attached hydrogen (secondary N) is 1. The molecule has 1 aliphatic carbocycles. The number of rotatable bonds is 6. The fourth-order valence-corrected chi connectivity index (χ4v) is 3.74. The van der Waals surface area contributed by atoms with Crippen molar-refractivity contribution in [3.05, 3.63) is 22.8 Å². The van der Waals surface area contributed by atoms with Gasteiger partial charge in [-0.15, -0.1) is 0 Å². The predicted octanol–water partition coefficient (Wildman–Crippen LogP) is 0.568. The zero-order valence-corrected chi connectivity index (χ0v) is 15.1. The van der Waals surface area contributed by atoms with Gasteiger partial charge in [0.1, 0.15) is 5.82 Å². The zero-order chi connectivity index (χ0) is 17.1. The molecule has 2 aliphatic rings. The van der Waals surface area contributed by atoms with Crippen LogP contribution in [-0.4, -0.2) is 72.0 Å². The Morgan fingerprint density at radius 3 is 2.92 bits per heavy atom. The Bertz CT molecular complexity index is 601. The molecule has 24 heavy (non-hydrogen) atoms. The fraction of sp³-hybridized carbons (Fsp3) is 0.722. The van der Waals surface area contributed by atoms with E-state index in [0.717, 1.165) is 43.9 Å². The second-order valence-electron chi connectivity index (χ2n) is 7.25. The van der Waals surface area contributed by atoms with Crippen LogP contribution >= 0.6 is 0 Å². The molecule has 0 aromatic carbocycles. The summed E-state index contributed by atoms with van der Waals surface area (Å²) in [5, 5.41) is 3.02. The molecule has 1 aromatic heterocycles. The third kappa shape index (κ3) is 4.11. The van der Waals surface area contributed by atoms with Gasteiger partial charge in [-0.25, -0.2) is 9.97 Å². The maximum Gasteiger partial charge on any atom is 0.234 e. The van der Waals surface area contributed by atoms with E-state index in [1.165, 1.54) is 17.7 Å². The molecule has 132 valence electrons. The van der Waals surface area contributed by atoms with Crippen molar-refractivity contribution >= 4 is 5.91 Å². The van der Waals surface area contributed by atoms with E-state index < -0.39 is 0 Å². The highest BCUT2D eigenvalue weighted by Gasteiger charge is 2.25. The number of hydrogen-bond acceptors (Lipinski definition) is 5. The predicted molar refractivity (Wildman–Crippen MR) is 94.0 cm³/mol. The second kappa shape index (κ2) is 7.57. The van der Waals surface area contributed by atoms with Gasteiger partial charge in [-0.2, -0.15) is 0 Å². The largest absolute Gasteiger partial charge is 0.355 e. The van der Waals surface area contributed by atoms with Gasteiger partial charge < -0.3 is 10.2 Å². The van der Waals surface area contributed by atoms with Gasteiger partial charge in [0, 0.05) is 43.5 Å². The fourth-order valence-electron chi connectivity index (χ4n) is 3.74. The highest BCUT2D eigenvalue weighted by atomic mass is 16.2. The zero-order valence-electron chi connectivity index (χ0n) is 15.1. The molecule has 0 bridgehead atoms. The van der Waals surface area contributed by atoms with Crippen LogP contribution in [0.5, 0.6) is 0 Å². The molecule has 1 atom stereocenters. The molecule has 3 rings (SSSR count). The SMILES string of the molecule is Cc1nc(CCNC(=O)CN2CC[C@H](N(C)C)C2)nc2c1CCC2. The van der Waals surface area contributed by atoms with Crippen molar-refractivity contribution in [1.29, 1.82) is 0 Å². The van der Waals surface area contributed by atoms with Gasteiger partial charge in [0.2, 0.25) is 5.91 Å². The molecule has 1 aromatic rings. The lowest BCUT2D eigenvalue weighted by Gasteiger charge is -2.20. The maximum absolute atomic E-state index is 12.1. The molecular weight excluding hydrogens is 302 g/mol. The van der Waals surface area contributed by atoms with Crippen molar-refractivity contribution in [2.24, 2.45) is 0 Å². The monoisotopic (exact) mass is 331 g/mol. The summed E-state index contributed by atoms with van der Waals surface area (Å²) in [6.45, 7) is 5.16. The molecule has 0 saturated carbocycles. The molecule has 6 nitrogen and oxygen atoms in total. The summed E-state index contributed by atoms with van der Waals surface area (Å²) in [5.41, 5.74) is 3.67. The van der Waals surface area contributed by atoms with E-state index in [4.69, 9.17) is 0 Å². The van der Waals surface area contributed by atoms with Crippen LogP contribution in [0, 0.1) is 6.92 Å². The van der Waals surface area contributed by atoms with Crippen LogP contribution in [0.4, 0.5) is 0 Å². The van der Waals surface area contributed by atoms with Crippen LogP contribution in [0.2, 0.25) is 0 Å². The molecular formula is C18H29N5O. The highest BCUT2D eigenvalue weighted by molar-refractivity contribution is 5.78. The van der Waals surface area contributed by atoms with Crippen LogP contribution in [-0.2, 0) is 24.1 Å². The Hall–Kier alpha value is -1.53. The number of likely N-dealkylation sites (tertiary alicyclic amines) is 1. The normalized spacial score (nSPS) is 20.6. The quantitative estimate of drug-likeness (QED) is 0.826. The van der Waals surface area contributed by atoms with Crippen molar-refractivity contribution < 1.29 is 4.79 Å². The number of fused-ring (bicyclic) bond motifs is 1. The Balaban J connectivity index is 1.42. The van der Waals surface area contributed by atoms with E-state index in [1.807, 2.05) is 0 Å². The Kier molecular flexibility index (Phi) is 5.46. The van der Waals surface area contributed by atoms with Crippen molar-refractivity contribution in [2.45, 2.75) is 45.1 Å². The van der Waals surface area contributed by atoms with Crippen LogP contribution in [0.3, 0.4) is 0 Å². The molecule has 2 heterocycles. The second-order valence-corrected chi connectivity index (χ2v) is 7.25. The Morgan fingerprint density at radius 2 is 2.17 bits per heavy atom. The minimum absolute atomic E-state index is 0.104. The van der Waals surface area contributed by atoms with E-state index in [1.54, 1.807) is 0 Å². The number of hydrogen-bond donors (Lipinski definition) is 1. The molecule has 0 spiro atoms. The standard InChI is InChI=1S/C18H29N5O/c1-13-15-5-4-6-16(15)21-17(20-13)7-9-19-18(24)12-23-10-8-14(11-23)22(2)3/h14H,4-12H2,1-3H3,(H,19,24)/t14-/m0/s1. The number of carbonyl (C=O) groups excluding carboxylic acids is 1. The molecule has 1 fully saturated rings. The number of aromatic nitrogens is 2. The molecule has 0 unspecified atom stereocenters. The summed E-state index contributed by atoms with van der Waals surface area (Å²) in [6, 6.07) is 0.570. The topological polar surface area (TPSA) is 61.4 Å². The van der Waals surface area contributed by atoms with Crippen molar-refractivity contribution in [1.82, 2.24) is 25.1 Å². The minimum atomic E-state index is 0.104. The van der Waals surface area contributed by atoms with Gasteiger partial charge in [-0.3, -0.25) is 9.69 Å². The maximum atomic E-state index is 12.1. The molecule has 1 N–H and O–H groups in total. The molecule has 6 heteroatoms. The molecule has 1 amide bonds. The molecule has 1 aliphatic heterocycles. The third-order valence-corrected chi connectivity index (χ3v) is 5.20. The minimum Gasteiger partial charge on any atom is -0.355 e. The summed E-state index contributed by atoms with van der Waals surface area (Å²) in [7, 11) is 4.21. The van der Waals surface area contributed by atoms with E-state index in [-0.39, 0.29) is 5.91 Å². The lowest BCUT2D eigenvalue weighted by Crippen LogP contribution is -2.38. The number of amides is 1. The van der Waals surface area contributed by atoms with Gasteiger partial charge in [-0.05, 0) is 52.3 Å². The third-order valence-electron chi connectivity index (χ3n) is 5.20. The van der Waals surface area contributed by atoms with E-state index in [0.29, 0.717) is 25.6 Å². The average Bonchev–Trinajstić information content (AvgIpc) is 3.16. The van der Waals surface area contributed by atoms with E-state index in [9.17, 15) is 4.79 Å².